The van der Waals surface area contributed by atoms with Crippen molar-refractivity contribution < 1.29 is 0 Å². The van der Waals surface area contributed by atoms with Gasteiger partial charge in [0.25, 0.3) is 0 Å². The van der Waals surface area contributed by atoms with Gasteiger partial charge in [-0.1, -0.05) is 20.8 Å². The van der Waals surface area contributed by atoms with Crippen molar-refractivity contribution in [2.45, 2.75) is 33.6 Å². The van der Waals surface area contributed by atoms with Gasteiger partial charge in [-0.15, -0.1) is 0 Å². The fourth-order valence-electron chi connectivity index (χ4n) is 1.06. The second-order valence-electron chi connectivity index (χ2n) is 4.52. The summed E-state index contributed by atoms with van der Waals surface area (Å²) in [5.41, 5.74) is 5.15. The number of H-pyrrole nitrogens is 1. The van der Waals surface area contributed by atoms with Gasteiger partial charge in [0, 0.05) is 6.42 Å². The summed E-state index contributed by atoms with van der Waals surface area (Å²) in [6, 6.07) is 0. The van der Waals surface area contributed by atoms with Crippen LogP contribution in [-0.4, -0.2) is 15.0 Å². The second-order valence-corrected chi connectivity index (χ2v) is 4.52. The van der Waals surface area contributed by atoms with E-state index in [1.807, 2.05) is 0 Å². The molecule has 3 N–H and O–H groups in total. The van der Waals surface area contributed by atoms with Crippen LogP contribution >= 0.6 is 0 Å². The maximum atomic E-state index is 10.9. The summed E-state index contributed by atoms with van der Waals surface area (Å²) in [5.74, 6) is 0.648. The predicted molar refractivity (Wildman–Crippen MR) is 54.8 cm³/mol. The first-order chi connectivity index (χ1) is 6.37. The Bertz CT molecular complexity index is 364. The molecule has 1 aromatic heterocycles. The van der Waals surface area contributed by atoms with Crippen molar-refractivity contribution in [1.29, 1.82) is 0 Å². The van der Waals surface area contributed by atoms with Gasteiger partial charge in [-0.05, 0) is 11.8 Å². The van der Waals surface area contributed by atoms with Gasteiger partial charge in [-0.25, -0.2) is 4.79 Å². The highest BCUT2D eigenvalue weighted by Crippen LogP contribution is 2.19. The molecule has 0 aromatic carbocycles. The van der Waals surface area contributed by atoms with E-state index in [-0.39, 0.29) is 11.4 Å². The number of nitrogens with one attached hydrogen (secondary N) is 1. The minimum atomic E-state index is -0.429. The van der Waals surface area contributed by atoms with Crippen LogP contribution in [0.4, 0.5) is 5.95 Å². The van der Waals surface area contributed by atoms with Crippen LogP contribution in [0.2, 0.25) is 0 Å². The zero-order valence-electron chi connectivity index (χ0n) is 8.79. The number of anilines is 1. The topological polar surface area (TPSA) is 84.7 Å². The van der Waals surface area contributed by atoms with E-state index < -0.39 is 5.69 Å². The molecule has 0 unspecified atom stereocenters. The first-order valence-electron chi connectivity index (χ1n) is 4.59. The minimum absolute atomic E-state index is 0.0395. The van der Waals surface area contributed by atoms with Crippen molar-refractivity contribution in [3.63, 3.8) is 0 Å². The Kier molecular flexibility index (Phi) is 2.88. The van der Waals surface area contributed by atoms with Crippen molar-refractivity contribution in [3.8, 4) is 0 Å². The van der Waals surface area contributed by atoms with Gasteiger partial charge < -0.3 is 5.73 Å². The first-order valence-corrected chi connectivity index (χ1v) is 4.59. The standard InChI is InChI=1S/C9H16N4O/c1-9(2,3)5-4-6-11-7(10)13-8(14)12-6/h4-5H2,1-3H3,(H3,10,11,12,13,14). The van der Waals surface area contributed by atoms with Gasteiger partial charge in [-0.2, -0.15) is 9.97 Å². The molecule has 0 atom stereocenters. The van der Waals surface area contributed by atoms with E-state index in [4.69, 9.17) is 5.73 Å². The van der Waals surface area contributed by atoms with Crippen LogP contribution < -0.4 is 11.4 Å². The normalized spacial score (nSPS) is 11.6. The van der Waals surface area contributed by atoms with Gasteiger partial charge in [0.1, 0.15) is 5.82 Å². The molecule has 0 aliphatic carbocycles. The quantitative estimate of drug-likeness (QED) is 0.730. The second kappa shape index (κ2) is 3.77. The van der Waals surface area contributed by atoms with Gasteiger partial charge in [0.2, 0.25) is 5.95 Å². The third-order valence-corrected chi connectivity index (χ3v) is 1.83. The zero-order chi connectivity index (χ0) is 10.8. The number of aryl methyl sites for hydroxylation is 1. The Morgan fingerprint density at radius 3 is 2.50 bits per heavy atom. The molecular formula is C9H16N4O. The van der Waals surface area contributed by atoms with Crippen molar-refractivity contribution in [2.75, 3.05) is 5.73 Å². The molecule has 0 radical (unpaired) electrons. The van der Waals surface area contributed by atoms with Gasteiger partial charge in [0.05, 0.1) is 0 Å². The fraction of sp³-hybridized carbons (Fsp3) is 0.667. The van der Waals surface area contributed by atoms with E-state index in [1.165, 1.54) is 0 Å². The van der Waals surface area contributed by atoms with Crippen LogP contribution in [0.15, 0.2) is 4.79 Å². The van der Waals surface area contributed by atoms with Crippen LogP contribution in [0, 0.1) is 5.41 Å². The number of rotatable bonds is 2. The molecule has 78 valence electrons. The van der Waals surface area contributed by atoms with E-state index in [0.29, 0.717) is 12.2 Å². The molecular weight excluding hydrogens is 180 g/mol. The van der Waals surface area contributed by atoms with E-state index in [9.17, 15) is 4.79 Å². The number of aromatic nitrogens is 3. The predicted octanol–water partition coefficient (Wildman–Crippen LogP) is 0.726. The number of aromatic amines is 1. The maximum Gasteiger partial charge on any atom is 0.349 e. The molecule has 0 saturated heterocycles. The lowest BCUT2D eigenvalue weighted by atomic mass is 9.90. The van der Waals surface area contributed by atoms with Crippen LogP contribution in [0.3, 0.4) is 0 Å². The van der Waals surface area contributed by atoms with E-state index >= 15 is 0 Å². The number of nitrogens with zero attached hydrogens (tertiary/aromatic N) is 2. The highest BCUT2D eigenvalue weighted by atomic mass is 16.1. The van der Waals surface area contributed by atoms with Crippen LogP contribution in [0.5, 0.6) is 0 Å². The summed E-state index contributed by atoms with van der Waals surface area (Å²) >= 11 is 0. The molecule has 0 bridgehead atoms. The summed E-state index contributed by atoms with van der Waals surface area (Å²) < 4.78 is 0. The maximum absolute atomic E-state index is 10.9. The summed E-state index contributed by atoms with van der Waals surface area (Å²) in [5, 5.41) is 0. The highest BCUT2D eigenvalue weighted by molar-refractivity contribution is 5.12. The molecule has 0 fully saturated rings. The monoisotopic (exact) mass is 196 g/mol. The lowest BCUT2D eigenvalue weighted by Crippen LogP contribution is -2.18. The minimum Gasteiger partial charge on any atom is -0.368 e. The number of hydrogen-bond acceptors (Lipinski definition) is 4. The molecule has 0 aliphatic heterocycles. The Hall–Kier alpha value is -1.39. The van der Waals surface area contributed by atoms with Crippen molar-refractivity contribution in [3.05, 3.63) is 16.3 Å². The average Bonchev–Trinajstić information content (AvgIpc) is 1.97. The van der Waals surface area contributed by atoms with Crippen molar-refractivity contribution in [2.24, 2.45) is 5.41 Å². The van der Waals surface area contributed by atoms with Crippen LogP contribution in [0.25, 0.3) is 0 Å². The Balaban J connectivity index is 2.73. The van der Waals surface area contributed by atoms with E-state index in [1.54, 1.807) is 0 Å². The van der Waals surface area contributed by atoms with Gasteiger partial charge >= 0.3 is 5.69 Å². The molecule has 1 aromatic rings. The van der Waals surface area contributed by atoms with E-state index in [2.05, 4.69) is 35.7 Å². The lowest BCUT2D eigenvalue weighted by Gasteiger charge is -2.16. The fourth-order valence-corrected chi connectivity index (χ4v) is 1.06. The van der Waals surface area contributed by atoms with Gasteiger partial charge in [0.15, 0.2) is 0 Å². The Morgan fingerprint density at radius 2 is 2.00 bits per heavy atom. The molecule has 0 spiro atoms. The molecule has 0 aliphatic rings. The molecule has 5 nitrogen and oxygen atoms in total. The smallest absolute Gasteiger partial charge is 0.349 e. The number of nitrogen functional groups attached to an aromatic ring is 1. The van der Waals surface area contributed by atoms with Crippen LogP contribution in [0.1, 0.15) is 33.0 Å². The summed E-state index contributed by atoms with van der Waals surface area (Å²) in [6.45, 7) is 6.40. The van der Waals surface area contributed by atoms with Gasteiger partial charge in [-0.3, -0.25) is 4.98 Å². The Morgan fingerprint density at radius 1 is 1.36 bits per heavy atom. The van der Waals surface area contributed by atoms with E-state index in [0.717, 1.165) is 6.42 Å². The van der Waals surface area contributed by atoms with Crippen molar-refractivity contribution >= 4 is 5.95 Å². The molecule has 5 heteroatoms. The Labute approximate surface area is 82.8 Å². The van der Waals surface area contributed by atoms with Crippen molar-refractivity contribution in [1.82, 2.24) is 15.0 Å². The molecule has 14 heavy (non-hydrogen) atoms. The highest BCUT2D eigenvalue weighted by Gasteiger charge is 2.11. The summed E-state index contributed by atoms with van der Waals surface area (Å²) in [4.78, 5) is 20.9. The van der Waals surface area contributed by atoms with Crippen LogP contribution in [-0.2, 0) is 6.42 Å². The first kappa shape index (κ1) is 10.7. The average molecular weight is 196 g/mol. The molecule has 0 amide bonds. The summed E-state index contributed by atoms with van der Waals surface area (Å²) in [7, 11) is 0. The molecule has 1 heterocycles. The lowest BCUT2D eigenvalue weighted by molar-refractivity contribution is 0.374. The summed E-state index contributed by atoms with van der Waals surface area (Å²) in [6.07, 6.45) is 1.66. The number of hydrogen-bond donors (Lipinski definition) is 2. The third-order valence-electron chi connectivity index (χ3n) is 1.83. The SMILES string of the molecule is CC(C)(C)CCc1nc(N)nc(=O)[nH]1. The zero-order valence-corrected chi connectivity index (χ0v) is 8.79. The number of nitrogens with two attached hydrogens (primary N) is 1. The molecule has 0 saturated carbocycles. The largest absolute Gasteiger partial charge is 0.368 e. The third kappa shape index (κ3) is 3.55. The molecule has 1 rings (SSSR count).